The number of ether oxygens (including phenoxy) is 3. The lowest BCUT2D eigenvalue weighted by molar-refractivity contribution is -0.838. The van der Waals surface area contributed by atoms with Gasteiger partial charge in [-0.25, -0.2) is 23.6 Å². The van der Waals surface area contributed by atoms with Crippen molar-refractivity contribution in [3.05, 3.63) is 88.4 Å². The molecule has 4 aliphatic rings. The zero-order chi connectivity index (χ0) is 57.9. The van der Waals surface area contributed by atoms with E-state index < -0.39 is 47.1 Å². The van der Waals surface area contributed by atoms with Gasteiger partial charge in [0.05, 0.1) is 73.7 Å². The molecule has 3 fully saturated rings. The van der Waals surface area contributed by atoms with Gasteiger partial charge in [-0.15, -0.1) is 11.3 Å². The van der Waals surface area contributed by atoms with Crippen LogP contribution in [0.25, 0.3) is 44.7 Å². The first-order chi connectivity index (χ1) is 37.8. The maximum atomic E-state index is 15.2. The van der Waals surface area contributed by atoms with E-state index in [0.717, 1.165) is 72.4 Å². The molecule has 0 saturated carbocycles. The molecule has 0 spiro atoms. The van der Waals surface area contributed by atoms with Crippen LogP contribution in [0.2, 0.25) is 0 Å². The SMILES string of the molecule is CCC1CN(C(=O)C(C(C)C)[N+](C)(C)C(=O)OC)C(C)(c2ncc(-c3ccc4c(c3)OC(c3ccc(C)s3)n3c-4cc4cc(-c5cnc(C6(C(C)S)C(C)CC(C)C7(C)CC(C)C(N(S)C(=O)OC)C(=O)N76)[nH]5)ccc43)[nH]2)CC1C. The number of benzene rings is 2. The predicted molar refractivity (Wildman–Crippen MR) is 319 cm³/mol. The van der Waals surface area contributed by atoms with E-state index >= 15 is 9.59 Å². The van der Waals surface area contributed by atoms with Gasteiger partial charge in [0, 0.05) is 50.2 Å². The lowest BCUT2D eigenvalue weighted by Crippen LogP contribution is -2.76. The summed E-state index contributed by atoms with van der Waals surface area (Å²) in [5, 5.41) is 0.666. The molecule has 2 N–H and O–H groups in total. The summed E-state index contributed by atoms with van der Waals surface area (Å²) >= 11 is 11.5. The molecule has 6 aromatic rings. The molecular weight excluding hydrogens is 1070 g/mol. The van der Waals surface area contributed by atoms with Gasteiger partial charge >= 0.3 is 12.2 Å². The molecule has 80 heavy (non-hydrogen) atoms. The molecule has 0 bridgehead atoms. The van der Waals surface area contributed by atoms with Crippen molar-refractivity contribution < 1.29 is 37.9 Å². The Morgan fingerprint density at radius 2 is 1.56 bits per heavy atom. The molecule has 19 heteroatoms. The third-order valence-corrected chi connectivity index (χ3v) is 21.0. The average Bonchev–Trinajstić information content (AvgIpc) is 4.37. The van der Waals surface area contributed by atoms with Gasteiger partial charge in [-0.1, -0.05) is 86.8 Å². The number of methoxy groups -OCH3 is 2. The fourth-order valence-corrected chi connectivity index (χ4v) is 16.8. The number of carbonyl (C=O) groups is 4. The van der Waals surface area contributed by atoms with Gasteiger partial charge in [0.25, 0.3) is 5.91 Å². The first-order valence-electron chi connectivity index (χ1n) is 28.2. The van der Waals surface area contributed by atoms with Crippen LogP contribution in [0.3, 0.4) is 0 Å². The van der Waals surface area contributed by atoms with Crippen molar-refractivity contribution in [1.29, 1.82) is 0 Å². The van der Waals surface area contributed by atoms with E-state index in [4.69, 9.17) is 36.8 Å². The zero-order valence-corrected chi connectivity index (χ0v) is 51.6. The van der Waals surface area contributed by atoms with E-state index in [0.29, 0.717) is 37.0 Å². The highest BCUT2D eigenvalue weighted by Crippen LogP contribution is 2.58. The van der Waals surface area contributed by atoms with Crippen LogP contribution in [0.15, 0.2) is 67.0 Å². The number of hydrogen-bond acceptors (Lipinski definition) is 12. The highest BCUT2D eigenvalue weighted by atomic mass is 32.1. The second-order valence-corrected chi connectivity index (χ2v) is 27.4. The summed E-state index contributed by atoms with van der Waals surface area (Å²) < 4.78 is 20.6. The van der Waals surface area contributed by atoms with Gasteiger partial charge < -0.3 is 34.0 Å². The largest absolute Gasteiger partial charge is 0.515 e. The summed E-state index contributed by atoms with van der Waals surface area (Å²) in [5.41, 5.74) is 4.08. The maximum absolute atomic E-state index is 15.2. The number of aromatic amines is 2. The van der Waals surface area contributed by atoms with E-state index in [2.05, 4.69) is 130 Å². The monoisotopic (exact) mass is 1150 g/mol. The number of carbonyl (C=O) groups excluding carboxylic acids is 4. The molecule has 2 aromatic carbocycles. The second-order valence-electron chi connectivity index (χ2n) is 24.9. The van der Waals surface area contributed by atoms with E-state index in [9.17, 15) is 9.59 Å². The lowest BCUT2D eigenvalue weighted by Gasteiger charge is -2.66. The topological polar surface area (TPSA) is 168 Å². The van der Waals surface area contributed by atoms with Gasteiger partial charge in [0.1, 0.15) is 29.0 Å². The van der Waals surface area contributed by atoms with Gasteiger partial charge in [-0.3, -0.25) is 14.2 Å². The number of fused-ring (bicyclic) bond motifs is 6. The number of aromatic nitrogens is 5. The van der Waals surface area contributed by atoms with Crippen molar-refractivity contribution in [1.82, 2.24) is 38.6 Å². The Balaban J connectivity index is 1.01. The molecule has 8 heterocycles. The number of likely N-dealkylation sites (N-methyl/N-ethyl adjacent to an activating group) is 1. The fraction of sp³-hybridized carbons (Fsp3) is 0.541. The summed E-state index contributed by atoms with van der Waals surface area (Å²) in [6.07, 6.45) is 5.24. The molecule has 428 valence electrons. The highest BCUT2D eigenvalue weighted by molar-refractivity contribution is 7.81. The van der Waals surface area contributed by atoms with Crippen molar-refractivity contribution in [2.45, 2.75) is 142 Å². The summed E-state index contributed by atoms with van der Waals surface area (Å²) in [6.45, 7) is 23.8. The van der Waals surface area contributed by atoms with Crippen LogP contribution in [-0.2, 0) is 30.1 Å². The molecular formula is C61H80N9O7S3+. The van der Waals surface area contributed by atoms with Crippen molar-refractivity contribution in [3.8, 4) is 39.5 Å². The molecule has 12 unspecified atom stereocenters. The normalized spacial score (nSPS) is 28.4. The fourth-order valence-electron chi connectivity index (χ4n) is 15.0. The Labute approximate surface area is 485 Å². The molecule has 4 aromatic heterocycles. The van der Waals surface area contributed by atoms with Gasteiger partial charge in [0.2, 0.25) is 12.1 Å². The minimum atomic E-state index is -0.962. The number of aryl methyl sites for hydroxylation is 1. The molecule has 12 atom stereocenters. The first-order valence-corrected chi connectivity index (χ1v) is 30.0. The Bertz CT molecular complexity index is 3380. The van der Waals surface area contributed by atoms with E-state index in [1.165, 1.54) is 19.1 Å². The Morgan fingerprint density at radius 1 is 0.900 bits per heavy atom. The summed E-state index contributed by atoms with van der Waals surface area (Å²) in [6, 6.07) is 17.7. The van der Waals surface area contributed by atoms with E-state index in [-0.39, 0.29) is 51.1 Å². The number of thiophene rings is 1. The number of hydrogen-bond donors (Lipinski definition) is 4. The van der Waals surface area contributed by atoms with Crippen LogP contribution in [0.4, 0.5) is 9.59 Å². The van der Waals surface area contributed by atoms with Gasteiger partial charge in [-0.05, 0) is 112 Å². The van der Waals surface area contributed by atoms with Crippen molar-refractivity contribution in [2.75, 3.05) is 34.9 Å². The van der Waals surface area contributed by atoms with Crippen LogP contribution in [0.1, 0.15) is 123 Å². The number of imidazole rings is 2. The number of piperidine rings is 3. The van der Waals surface area contributed by atoms with Gasteiger partial charge in [0.15, 0.2) is 6.04 Å². The average molecular weight is 1150 g/mol. The van der Waals surface area contributed by atoms with Crippen LogP contribution in [0.5, 0.6) is 5.75 Å². The first kappa shape index (κ1) is 57.5. The Morgan fingerprint density at radius 3 is 2.19 bits per heavy atom. The summed E-state index contributed by atoms with van der Waals surface area (Å²) in [5.74, 6) is 2.17. The van der Waals surface area contributed by atoms with Crippen molar-refractivity contribution >= 4 is 71.7 Å². The number of rotatable bonds is 11. The van der Waals surface area contributed by atoms with E-state index in [1.807, 2.05) is 49.9 Å². The second kappa shape index (κ2) is 20.9. The minimum absolute atomic E-state index is 0.0509. The Hall–Kier alpha value is -5.76. The minimum Gasteiger partial charge on any atom is -0.464 e. The quantitative estimate of drug-likeness (QED) is 0.0729. The number of quaternary nitrogens is 1. The number of H-pyrrole nitrogens is 2. The molecule has 0 aliphatic carbocycles. The zero-order valence-electron chi connectivity index (χ0n) is 49.0. The maximum Gasteiger partial charge on any atom is 0.515 e. The summed E-state index contributed by atoms with van der Waals surface area (Å²) in [4.78, 5) is 80.2. The molecule has 0 radical (unpaired) electrons. The molecule has 4 amide bonds. The van der Waals surface area contributed by atoms with Crippen LogP contribution in [0, 0.1) is 42.4 Å². The molecule has 3 saturated heterocycles. The number of likely N-dealkylation sites (tertiary alicyclic amines) is 1. The van der Waals surface area contributed by atoms with Crippen LogP contribution in [-0.4, -0.2) is 125 Å². The predicted octanol–water partition coefficient (Wildman–Crippen LogP) is 12.5. The molecule has 4 aliphatic heterocycles. The lowest BCUT2D eigenvalue weighted by atomic mass is 9.59. The van der Waals surface area contributed by atoms with Gasteiger partial charge in [-0.2, -0.15) is 17.4 Å². The smallest absolute Gasteiger partial charge is 0.464 e. The Kier molecular flexibility index (Phi) is 15.0. The molecule has 16 nitrogen and oxygen atoms in total. The third kappa shape index (κ3) is 8.88. The van der Waals surface area contributed by atoms with E-state index in [1.54, 1.807) is 25.4 Å². The number of amides is 4. The molecule has 10 rings (SSSR count). The highest BCUT2D eigenvalue weighted by Gasteiger charge is 2.66. The number of nitrogens with zero attached hydrogens (tertiary/aromatic N) is 7. The van der Waals surface area contributed by atoms with Crippen LogP contribution >= 0.6 is 36.8 Å². The van der Waals surface area contributed by atoms with Crippen LogP contribution < -0.4 is 4.74 Å². The third-order valence-electron chi connectivity index (χ3n) is 19.2. The van der Waals surface area contributed by atoms with Crippen molar-refractivity contribution in [3.63, 3.8) is 0 Å². The van der Waals surface area contributed by atoms with Crippen molar-refractivity contribution in [2.24, 2.45) is 35.5 Å². The number of thiol groups is 2. The number of nitrogens with one attached hydrogen (secondary N) is 2. The standard InChI is InChI=1S/C61H79N9O7S3/c1-16-39-31-66(53(72)51(32(2)3)70(12,13)58(74)76-15)60(11,27-33(39)4)55-62-29-45(64-55)41-18-20-43-47-25-42-24-40(19-21-46(42)67(47)54(77-48(43)26-41)49-22-17-37(8)80-49)44-30-63-56(65-44)61(38(9)78)36(7)23-35(6)59(10)28-34(5)50(52(71)69(59)61)68(79)57(73)75-14/h17-22,24-26,29-30,32-36,38-39,50-51,54,79H,16,23,27-28,31H2,1-15H3,(H2-,62,63,64,65,78)/p+1. The summed E-state index contributed by atoms with van der Waals surface area (Å²) in [7, 11) is 6.18.